The number of anilines is 1. The lowest BCUT2D eigenvalue weighted by atomic mass is 9.98. The fourth-order valence-corrected chi connectivity index (χ4v) is 4.23. The minimum absolute atomic E-state index is 0.0835. The number of nitrogens with zero attached hydrogens (tertiary/aromatic N) is 1. The number of hydrogen-bond acceptors (Lipinski definition) is 6. The lowest BCUT2D eigenvalue weighted by molar-refractivity contribution is 0.0951. The highest BCUT2D eigenvalue weighted by atomic mass is 16.3. The van der Waals surface area contributed by atoms with Crippen molar-refractivity contribution in [2.24, 2.45) is 0 Å². The van der Waals surface area contributed by atoms with Gasteiger partial charge in [-0.25, -0.2) is 4.98 Å². The minimum Gasteiger partial charge on any atom is -0.507 e. The Labute approximate surface area is 217 Å². The molecule has 0 aliphatic rings. The summed E-state index contributed by atoms with van der Waals surface area (Å²) in [6.07, 6.45) is 1.59. The van der Waals surface area contributed by atoms with Gasteiger partial charge < -0.3 is 26.6 Å². The highest BCUT2D eigenvalue weighted by Gasteiger charge is 2.13. The number of aliphatic hydroxyl groups is 1. The van der Waals surface area contributed by atoms with E-state index >= 15 is 0 Å². The van der Waals surface area contributed by atoms with E-state index in [1.54, 1.807) is 36.5 Å². The van der Waals surface area contributed by atoms with Gasteiger partial charge in [0, 0.05) is 42.0 Å². The van der Waals surface area contributed by atoms with Crippen LogP contribution in [0.2, 0.25) is 0 Å². The highest BCUT2D eigenvalue weighted by Crippen LogP contribution is 2.31. The largest absolute Gasteiger partial charge is 0.507 e. The van der Waals surface area contributed by atoms with E-state index in [0.717, 1.165) is 22.3 Å². The van der Waals surface area contributed by atoms with Crippen LogP contribution in [0.3, 0.4) is 0 Å². The van der Waals surface area contributed by atoms with E-state index in [1.807, 2.05) is 61.5 Å². The molecule has 1 heterocycles. The van der Waals surface area contributed by atoms with E-state index in [-0.39, 0.29) is 17.7 Å². The molecular formula is C30H32N4O3. The zero-order chi connectivity index (χ0) is 26.2. The van der Waals surface area contributed by atoms with Crippen LogP contribution in [0.15, 0.2) is 91.1 Å². The van der Waals surface area contributed by atoms with E-state index in [9.17, 15) is 15.0 Å². The number of aliphatic hydroxyl groups excluding tert-OH is 1. The van der Waals surface area contributed by atoms with E-state index in [0.29, 0.717) is 36.5 Å². The number of carbonyl (C=O) groups excluding carboxylic acids is 1. The highest BCUT2D eigenvalue weighted by molar-refractivity contribution is 5.94. The van der Waals surface area contributed by atoms with Crippen LogP contribution in [0.25, 0.3) is 11.1 Å². The van der Waals surface area contributed by atoms with Gasteiger partial charge in [-0.2, -0.15) is 0 Å². The molecule has 0 bridgehead atoms. The Kier molecular flexibility index (Phi) is 8.51. The lowest BCUT2D eigenvalue weighted by Gasteiger charge is -2.18. The third-order valence-electron chi connectivity index (χ3n) is 6.24. The first kappa shape index (κ1) is 25.9. The molecule has 1 amide bonds. The predicted octanol–water partition coefficient (Wildman–Crippen LogP) is 4.22. The number of hydrogen-bond donors (Lipinski definition) is 5. The summed E-state index contributed by atoms with van der Waals surface area (Å²) in [5.74, 6) is 0.455. The van der Waals surface area contributed by atoms with Crippen molar-refractivity contribution in [1.82, 2.24) is 15.6 Å². The summed E-state index contributed by atoms with van der Waals surface area (Å²) >= 11 is 0. The molecule has 2 atom stereocenters. The van der Waals surface area contributed by atoms with Crippen LogP contribution in [0, 0.1) is 0 Å². The van der Waals surface area contributed by atoms with Crippen molar-refractivity contribution in [2.45, 2.75) is 32.0 Å². The van der Waals surface area contributed by atoms with Gasteiger partial charge in [-0.1, -0.05) is 60.7 Å². The molecular weight excluding hydrogens is 464 g/mol. The fourth-order valence-electron chi connectivity index (χ4n) is 4.23. The maximum absolute atomic E-state index is 12.9. The standard InChI is InChI=1S/C30H32N4O3/c1-20(32-19-28(36)24-13-14-29(31)33-18-24)15-21-7-6-9-22(16-21)30(37)34-17-23-8-2-3-10-25(23)26-11-4-5-12-27(26)35/h2-14,16,18,20,28,32,35-36H,15,17,19H2,1H3,(H2,31,33)(H,34,37)/t20-,28+/m1/s1. The molecule has 0 saturated carbocycles. The third kappa shape index (κ3) is 6.94. The second-order valence-electron chi connectivity index (χ2n) is 9.10. The second kappa shape index (κ2) is 12.2. The van der Waals surface area contributed by atoms with Crippen LogP contribution in [-0.4, -0.2) is 33.7 Å². The Hall–Kier alpha value is -4.20. The number of phenols is 1. The summed E-state index contributed by atoms with van der Waals surface area (Å²) in [4.78, 5) is 17.0. The smallest absolute Gasteiger partial charge is 0.251 e. The predicted molar refractivity (Wildman–Crippen MR) is 146 cm³/mol. The molecule has 190 valence electrons. The number of nitrogens with two attached hydrogens (primary N) is 1. The maximum Gasteiger partial charge on any atom is 0.251 e. The number of carbonyl (C=O) groups is 1. The number of amides is 1. The SMILES string of the molecule is C[C@H](Cc1cccc(C(=O)NCc2ccccc2-c2ccccc2O)c1)NC[C@H](O)c1ccc(N)nc1. The van der Waals surface area contributed by atoms with E-state index < -0.39 is 6.10 Å². The topological polar surface area (TPSA) is 120 Å². The number of benzene rings is 3. The molecule has 3 aromatic carbocycles. The van der Waals surface area contributed by atoms with Gasteiger partial charge in [-0.05, 0) is 54.3 Å². The molecule has 0 aliphatic carbocycles. The molecule has 0 radical (unpaired) electrons. The first-order valence-electron chi connectivity index (χ1n) is 12.3. The fraction of sp³-hybridized carbons (Fsp3) is 0.200. The van der Waals surface area contributed by atoms with Crippen LogP contribution >= 0.6 is 0 Å². The molecule has 7 heteroatoms. The summed E-state index contributed by atoms with van der Waals surface area (Å²) in [7, 11) is 0. The van der Waals surface area contributed by atoms with Crippen molar-refractivity contribution >= 4 is 11.7 Å². The number of nitrogens with one attached hydrogen (secondary N) is 2. The molecule has 37 heavy (non-hydrogen) atoms. The molecule has 4 aromatic rings. The van der Waals surface area contributed by atoms with Crippen molar-refractivity contribution in [1.29, 1.82) is 0 Å². The molecule has 0 fully saturated rings. The van der Waals surface area contributed by atoms with Crippen LogP contribution in [0.1, 0.15) is 40.1 Å². The molecule has 0 aliphatic heterocycles. The Morgan fingerprint density at radius 2 is 1.73 bits per heavy atom. The van der Waals surface area contributed by atoms with Crippen molar-refractivity contribution < 1.29 is 15.0 Å². The van der Waals surface area contributed by atoms with Crippen molar-refractivity contribution in [3.8, 4) is 16.9 Å². The van der Waals surface area contributed by atoms with Gasteiger partial charge in [0.15, 0.2) is 0 Å². The molecule has 4 rings (SSSR count). The van der Waals surface area contributed by atoms with Gasteiger partial charge in [0.2, 0.25) is 0 Å². The van der Waals surface area contributed by atoms with Gasteiger partial charge in [0.05, 0.1) is 6.10 Å². The molecule has 0 unspecified atom stereocenters. The Bertz CT molecular complexity index is 1340. The Morgan fingerprint density at radius 3 is 2.49 bits per heavy atom. The van der Waals surface area contributed by atoms with E-state index in [1.165, 1.54) is 0 Å². The number of phenolic OH excluding ortho intramolecular Hbond substituents is 1. The van der Waals surface area contributed by atoms with E-state index in [2.05, 4.69) is 15.6 Å². The van der Waals surface area contributed by atoms with Gasteiger partial charge >= 0.3 is 0 Å². The molecule has 0 spiro atoms. The molecule has 6 N–H and O–H groups in total. The molecule has 7 nitrogen and oxygen atoms in total. The zero-order valence-corrected chi connectivity index (χ0v) is 20.8. The lowest BCUT2D eigenvalue weighted by Crippen LogP contribution is -2.32. The number of rotatable bonds is 10. The second-order valence-corrected chi connectivity index (χ2v) is 9.10. The Balaban J connectivity index is 1.34. The Morgan fingerprint density at radius 1 is 0.973 bits per heavy atom. The number of pyridine rings is 1. The van der Waals surface area contributed by atoms with Gasteiger partial charge in [0.1, 0.15) is 11.6 Å². The number of aromatic hydroxyl groups is 1. The summed E-state index contributed by atoms with van der Waals surface area (Å²) in [5, 5.41) is 27.0. The van der Waals surface area contributed by atoms with E-state index in [4.69, 9.17) is 5.73 Å². The number of para-hydroxylation sites is 1. The quantitative estimate of drug-likeness (QED) is 0.224. The zero-order valence-electron chi connectivity index (χ0n) is 20.8. The van der Waals surface area contributed by atoms with Gasteiger partial charge in [-0.3, -0.25) is 4.79 Å². The van der Waals surface area contributed by atoms with Crippen molar-refractivity contribution in [3.05, 3.63) is 113 Å². The average Bonchev–Trinajstić information content (AvgIpc) is 2.91. The van der Waals surface area contributed by atoms with Crippen LogP contribution in [0.4, 0.5) is 5.82 Å². The van der Waals surface area contributed by atoms with Gasteiger partial charge in [0.25, 0.3) is 5.91 Å². The van der Waals surface area contributed by atoms with Gasteiger partial charge in [-0.15, -0.1) is 0 Å². The average molecular weight is 497 g/mol. The normalized spacial score (nSPS) is 12.6. The monoisotopic (exact) mass is 496 g/mol. The third-order valence-corrected chi connectivity index (χ3v) is 6.24. The maximum atomic E-state index is 12.9. The summed E-state index contributed by atoms with van der Waals surface area (Å²) in [6, 6.07) is 26.0. The number of aromatic nitrogens is 1. The van der Waals surface area contributed by atoms with Crippen LogP contribution in [-0.2, 0) is 13.0 Å². The minimum atomic E-state index is -0.687. The first-order chi connectivity index (χ1) is 17.9. The summed E-state index contributed by atoms with van der Waals surface area (Å²) < 4.78 is 0. The summed E-state index contributed by atoms with van der Waals surface area (Å²) in [6.45, 7) is 2.75. The van der Waals surface area contributed by atoms with Crippen molar-refractivity contribution in [2.75, 3.05) is 12.3 Å². The summed E-state index contributed by atoms with van der Waals surface area (Å²) in [5.41, 5.74) is 10.4. The molecule has 0 saturated heterocycles. The van der Waals surface area contributed by atoms with Crippen molar-refractivity contribution in [3.63, 3.8) is 0 Å². The number of nitrogen functional groups attached to an aromatic ring is 1. The van der Waals surface area contributed by atoms with Crippen LogP contribution < -0.4 is 16.4 Å². The molecule has 1 aromatic heterocycles. The first-order valence-corrected chi connectivity index (χ1v) is 12.3. The van der Waals surface area contributed by atoms with Crippen LogP contribution in [0.5, 0.6) is 5.75 Å².